The van der Waals surface area contributed by atoms with Gasteiger partial charge in [0, 0.05) is 5.69 Å². The van der Waals surface area contributed by atoms with Crippen molar-refractivity contribution in [1.82, 2.24) is 4.98 Å². The van der Waals surface area contributed by atoms with Crippen molar-refractivity contribution in [1.29, 1.82) is 0 Å². The molecule has 1 amide bonds. The van der Waals surface area contributed by atoms with Crippen LogP contribution < -0.4 is 15.4 Å². The maximum Gasteiger partial charge on any atom is 0.274 e. The normalized spacial score (nSPS) is 10.2. The molecule has 2 N–H and O–H groups in total. The number of pyridine rings is 1. The molecule has 0 atom stereocenters. The first-order valence-corrected chi connectivity index (χ1v) is 7.59. The summed E-state index contributed by atoms with van der Waals surface area (Å²) in [5.41, 5.74) is 1.84. The third kappa shape index (κ3) is 4.11. The van der Waals surface area contributed by atoms with Crippen LogP contribution >= 0.6 is 0 Å². The number of para-hydroxylation sites is 1. The Morgan fingerprint density at radius 1 is 1.00 bits per heavy atom. The van der Waals surface area contributed by atoms with E-state index in [-0.39, 0.29) is 17.4 Å². The molecule has 0 bridgehead atoms. The monoisotopic (exact) mass is 337 g/mol. The topological polar surface area (TPSA) is 63.2 Å². The molecular weight excluding hydrogens is 321 g/mol. The fraction of sp³-hybridized carbons (Fsp3) is 0.0526. The van der Waals surface area contributed by atoms with E-state index in [9.17, 15) is 9.18 Å². The number of hydrogen-bond donors (Lipinski definition) is 2. The van der Waals surface area contributed by atoms with Gasteiger partial charge in [-0.2, -0.15) is 0 Å². The summed E-state index contributed by atoms with van der Waals surface area (Å²) in [6.07, 6.45) is 1.48. The summed E-state index contributed by atoms with van der Waals surface area (Å²) in [6.45, 7) is 0. The van der Waals surface area contributed by atoms with E-state index in [2.05, 4.69) is 15.6 Å². The number of aromatic nitrogens is 1. The van der Waals surface area contributed by atoms with Crippen molar-refractivity contribution in [2.75, 3.05) is 17.7 Å². The van der Waals surface area contributed by atoms with E-state index < -0.39 is 0 Å². The predicted molar refractivity (Wildman–Crippen MR) is 94.9 cm³/mol. The van der Waals surface area contributed by atoms with E-state index in [0.29, 0.717) is 22.8 Å². The molecule has 1 heterocycles. The zero-order chi connectivity index (χ0) is 17.6. The Bertz CT molecular complexity index is 865. The molecule has 0 fully saturated rings. The summed E-state index contributed by atoms with van der Waals surface area (Å²) < 4.78 is 18.7. The highest BCUT2D eigenvalue weighted by atomic mass is 19.1. The van der Waals surface area contributed by atoms with Crippen molar-refractivity contribution in [2.45, 2.75) is 0 Å². The first-order chi connectivity index (χ1) is 12.2. The third-order valence-electron chi connectivity index (χ3n) is 3.50. The number of hydrogen-bond acceptors (Lipinski definition) is 4. The number of amides is 1. The lowest BCUT2D eigenvalue weighted by Gasteiger charge is -2.08. The van der Waals surface area contributed by atoms with Gasteiger partial charge in [0.25, 0.3) is 5.91 Å². The summed E-state index contributed by atoms with van der Waals surface area (Å²) in [5.74, 6) is 0.0196. The first-order valence-electron chi connectivity index (χ1n) is 7.59. The Balaban J connectivity index is 1.66. The molecule has 0 aliphatic carbocycles. The van der Waals surface area contributed by atoms with Gasteiger partial charge in [-0.15, -0.1) is 0 Å². The maximum atomic E-state index is 13.6. The number of halogens is 1. The van der Waals surface area contributed by atoms with Gasteiger partial charge in [-0.25, -0.2) is 9.37 Å². The van der Waals surface area contributed by atoms with Crippen LogP contribution in [-0.2, 0) is 0 Å². The largest absolute Gasteiger partial charge is 0.497 e. The Hall–Kier alpha value is -3.41. The standard InChI is InChI=1S/C19H16FN3O2/c1-25-15-9-6-13(7-10-15)23-19(24)18-11-8-14(12-21-18)22-17-5-3-2-4-16(17)20/h2-12,22H,1H3,(H,23,24). The van der Waals surface area contributed by atoms with Crippen LogP contribution in [0.1, 0.15) is 10.5 Å². The van der Waals surface area contributed by atoms with Crippen LogP contribution in [0, 0.1) is 5.82 Å². The third-order valence-corrected chi connectivity index (χ3v) is 3.50. The Labute approximate surface area is 144 Å². The second-order valence-corrected chi connectivity index (χ2v) is 5.22. The zero-order valence-electron chi connectivity index (χ0n) is 13.5. The molecule has 0 saturated carbocycles. The minimum absolute atomic E-state index is 0.259. The smallest absolute Gasteiger partial charge is 0.274 e. The summed E-state index contributed by atoms with van der Waals surface area (Å²) in [7, 11) is 1.58. The average molecular weight is 337 g/mol. The molecule has 2 aromatic carbocycles. The molecule has 0 spiro atoms. The number of nitrogens with zero attached hydrogens (tertiary/aromatic N) is 1. The quantitative estimate of drug-likeness (QED) is 0.731. The summed E-state index contributed by atoms with van der Waals surface area (Å²) in [4.78, 5) is 16.3. The highest BCUT2D eigenvalue weighted by Gasteiger charge is 2.08. The molecule has 0 aliphatic rings. The van der Waals surface area contributed by atoms with Crippen LogP contribution in [-0.4, -0.2) is 18.0 Å². The lowest BCUT2D eigenvalue weighted by atomic mass is 10.2. The predicted octanol–water partition coefficient (Wildman–Crippen LogP) is 4.23. The maximum absolute atomic E-state index is 13.6. The van der Waals surface area contributed by atoms with Crippen molar-refractivity contribution in [2.24, 2.45) is 0 Å². The van der Waals surface area contributed by atoms with Crippen molar-refractivity contribution in [3.8, 4) is 5.75 Å². The van der Waals surface area contributed by atoms with Crippen molar-refractivity contribution < 1.29 is 13.9 Å². The number of rotatable bonds is 5. The second-order valence-electron chi connectivity index (χ2n) is 5.22. The van der Waals surface area contributed by atoms with E-state index in [1.807, 2.05) is 0 Å². The van der Waals surface area contributed by atoms with Crippen molar-refractivity contribution >= 4 is 23.0 Å². The number of methoxy groups -OCH3 is 1. The van der Waals surface area contributed by atoms with Gasteiger partial charge < -0.3 is 15.4 Å². The lowest BCUT2D eigenvalue weighted by molar-refractivity contribution is 0.102. The van der Waals surface area contributed by atoms with Crippen LogP contribution in [0.2, 0.25) is 0 Å². The van der Waals surface area contributed by atoms with E-state index in [4.69, 9.17) is 4.74 Å². The SMILES string of the molecule is COc1ccc(NC(=O)c2ccc(Nc3ccccc3F)cn2)cc1. The van der Waals surface area contributed by atoms with Crippen molar-refractivity contribution in [3.63, 3.8) is 0 Å². The fourth-order valence-corrected chi connectivity index (χ4v) is 2.19. The molecule has 0 radical (unpaired) electrons. The highest BCUT2D eigenvalue weighted by molar-refractivity contribution is 6.03. The van der Waals surface area contributed by atoms with Gasteiger partial charge >= 0.3 is 0 Å². The van der Waals surface area contributed by atoms with Gasteiger partial charge in [-0.3, -0.25) is 4.79 Å². The molecule has 126 valence electrons. The Morgan fingerprint density at radius 2 is 1.72 bits per heavy atom. The molecule has 0 saturated heterocycles. The van der Waals surface area contributed by atoms with Gasteiger partial charge in [0.2, 0.25) is 0 Å². The number of carbonyl (C=O) groups is 1. The van der Waals surface area contributed by atoms with Crippen LogP contribution in [0.3, 0.4) is 0 Å². The molecule has 3 aromatic rings. The average Bonchev–Trinajstić information content (AvgIpc) is 2.65. The second kappa shape index (κ2) is 7.44. The van der Waals surface area contributed by atoms with Crippen molar-refractivity contribution in [3.05, 3.63) is 78.4 Å². The Morgan fingerprint density at radius 3 is 2.36 bits per heavy atom. The van der Waals surface area contributed by atoms with Gasteiger partial charge in [-0.1, -0.05) is 12.1 Å². The lowest BCUT2D eigenvalue weighted by Crippen LogP contribution is -2.13. The molecule has 25 heavy (non-hydrogen) atoms. The van der Waals surface area contributed by atoms with E-state index in [1.54, 1.807) is 61.7 Å². The van der Waals surface area contributed by atoms with Crippen LogP contribution in [0.25, 0.3) is 0 Å². The Kier molecular flexibility index (Phi) is 4.89. The highest BCUT2D eigenvalue weighted by Crippen LogP contribution is 2.19. The van der Waals surface area contributed by atoms with Gasteiger partial charge in [0.1, 0.15) is 17.3 Å². The first kappa shape index (κ1) is 16.4. The van der Waals surface area contributed by atoms with E-state index in [0.717, 1.165) is 0 Å². The summed E-state index contributed by atoms with van der Waals surface area (Å²) in [5, 5.41) is 5.67. The van der Waals surface area contributed by atoms with Crippen LogP contribution in [0.4, 0.5) is 21.5 Å². The minimum atomic E-state index is -0.358. The molecule has 5 nitrogen and oxygen atoms in total. The number of benzene rings is 2. The van der Waals surface area contributed by atoms with Gasteiger partial charge in [0.15, 0.2) is 0 Å². The fourth-order valence-electron chi connectivity index (χ4n) is 2.19. The zero-order valence-corrected chi connectivity index (χ0v) is 13.5. The van der Waals surface area contributed by atoms with Gasteiger partial charge in [-0.05, 0) is 48.5 Å². The molecule has 0 aliphatic heterocycles. The van der Waals surface area contributed by atoms with E-state index >= 15 is 0 Å². The molecule has 3 rings (SSSR count). The number of nitrogens with one attached hydrogen (secondary N) is 2. The molecular formula is C19H16FN3O2. The number of anilines is 3. The molecule has 6 heteroatoms. The molecule has 1 aromatic heterocycles. The summed E-state index contributed by atoms with van der Waals surface area (Å²) in [6, 6.07) is 16.6. The van der Waals surface area contributed by atoms with Crippen LogP contribution in [0.5, 0.6) is 5.75 Å². The van der Waals surface area contributed by atoms with Crippen LogP contribution in [0.15, 0.2) is 66.9 Å². The van der Waals surface area contributed by atoms with Gasteiger partial charge in [0.05, 0.1) is 24.7 Å². The molecule has 0 unspecified atom stereocenters. The summed E-state index contributed by atoms with van der Waals surface area (Å²) >= 11 is 0. The van der Waals surface area contributed by atoms with E-state index in [1.165, 1.54) is 12.3 Å². The number of ether oxygens (including phenoxy) is 1. The number of carbonyl (C=O) groups excluding carboxylic acids is 1. The minimum Gasteiger partial charge on any atom is -0.497 e.